The topological polar surface area (TPSA) is 63.3 Å². The Morgan fingerprint density at radius 2 is 1.96 bits per heavy atom. The third-order valence-electron chi connectivity index (χ3n) is 5.35. The van der Waals surface area contributed by atoms with Crippen molar-refractivity contribution in [3.63, 3.8) is 0 Å². The van der Waals surface area contributed by atoms with E-state index in [1.165, 1.54) is 31.9 Å². The highest BCUT2D eigenvalue weighted by atomic mass is 16.3. The zero-order valence-corrected chi connectivity index (χ0v) is 16.6. The minimum absolute atomic E-state index is 0.252. The number of nitrogens with zero attached hydrogens (tertiary/aromatic N) is 3. The van der Waals surface area contributed by atoms with E-state index in [1.54, 1.807) is 12.1 Å². The molecule has 0 radical (unpaired) electrons. The number of nitrogens with one attached hydrogen (secondary N) is 1. The maximum atomic E-state index is 12.2. The summed E-state index contributed by atoms with van der Waals surface area (Å²) >= 11 is 0. The molecule has 0 unspecified atom stereocenters. The number of aromatic nitrogens is 2. The second kappa shape index (κ2) is 8.19. The van der Waals surface area contributed by atoms with Gasteiger partial charge in [0.2, 0.25) is 0 Å². The smallest absolute Gasteiger partial charge is 0.291 e. The second-order valence-corrected chi connectivity index (χ2v) is 7.82. The van der Waals surface area contributed by atoms with Crippen LogP contribution in [0.4, 0.5) is 5.69 Å². The molecule has 1 N–H and O–H groups in total. The largest absolute Gasteiger partial charge is 0.459 e. The molecule has 0 aliphatic carbocycles. The third-order valence-corrected chi connectivity index (χ3v) is 5.35. The van der Waals surface area contributed by atoms with Gasteiger partial charge >= 0.3 is 0 Å². The average Bonchev–Trinajstić information content (AvgIpc) is 3.24. The van der Waals surface area contributed by atoms with E-state index in [-0.39, 0.29) is 5.91 Å². The first-order valence-corrected chi connectivity index (χ1v) is 10.2. The summed E-state index contributed by atoms with van der Waals surface area (Å²) in [6, 6.07) is 9.61. The van der Waals surface area contributed by atoms with E-state index < -0.39 is 0 Å². The summed E-state index contributed by atoms with van der Waals surface area (Å²) in [5.74, 6) is 1.15. The SMILES string of the molecule is CC(C)n1c(CN2CCCCCC2)nc2cc(NC(=O)c3ccco3)ccc21. The Bertz CT molecular complexity index is 935. The Morgan fingerprint density at radius 3 is 2.64 bits per heavy atom. The van der Waals surface area contributed by atoms with E-state index >= 15 is 0 Å². The molecule has 1 amide bonds. The number of likely N-dealkylation sites (tertiary alicyclic amines) is 1. The van der Waals surface area contributed by atoms with Crippen LogP contribution in [0.2, 0.25) is 0 Å². The fourth-order valence-electron chi connectivity index (χ4n) is 4.01. The Kier molecular flexibility index (Phi) is 5.48. The summed E-state index contributed by atoms with van der Waals surface area (Å²) < 4.78 is 7.48. The normalized spacial score (nSPS) is 15.8. The molecule has 2 aromatic heterocycles. The average molecular weight is 380 g/mol. The van der Waals surface area contributed by atoms with Crippen molar-refractivity contribution in [2.75, 3.05) is 18.4 Å². The summed E-state index contributed by atoms with van der Waals surface area (Å²) in [7, 11) is 0. The molecule has 4 rings (SSSR count). The Morgan fingerprint density at radius 1 is 1.18 bits per heavy atom. The van der Waals surface area contributed by atoms with E-state index in [4.69, 9.17) is 9.40 Å². The molecule has 1 aliphatic rings. The highest BCUT2D eigenvalue weighted by molar-refractivity contribution is 6.03. The van der Waals surface area contributed by atoms with Gasteiger partial charge in [0.05, 0.1) is 23.8 Å². The van der Waals surface area contributed by atoms with Crippen LogP contribution in [0.15, 0.2) is 41.0 Å². The summed E-state index contributed by atoms with van der Waals surface area (Å²) in [5.41, 5.74) is 2.75. The van der Waals surface area contributed by atoms with Crippen molar-refractivity contribution in [3.8, 4) is 0 Å². The zero-order chi connectivity index (χ0) is 19.5. The van der Waals surface area contributed by atoms with Crippen molar-refractivity contribution in [2.45, 2.75) is 52.1 Å². The van der Waals surface area contributed by atoms with Crippen LogP contribution in [0.3, 0.4) is 0 Å². The predicted molar refractivity (Wildman–Crippen MR) is 111 cm³/mol. The number of amides is 1. The molecule has 3 aromatic rings. The van der Waals surface area contributed by atoms with Crippen molar-refractivity contribution in [1.82, 2.24) is 14.5 Å². The van der Waals surface area contributed by atoms with Crippen molar-refractivity contribution < 1.29 is 9.21 Å². The minimum Gasteiger partial charge on any atom is -0.459 e. The van der Waals surface area contributed by atoms with Crippen molar-refractivity contribution in [2.24, 2.45) is 0 Å². The number of imidazole rings is 1. The first-order valence-electron chi connectivity index (χ1n) is 10.2. The van der Waals surface area contributed by atoms with Gasteiger partial charge in [-0.05, 0) is 70.1 Å². The van der Waals surface area contributed by atoms with E-state index in [1.807, 2.05) is 18.2 Å². The Labute approximate surface area is 165 Å². The van der Waals surface area contributed by atoms with Gasteiger partial charge in [-0.3, -0.25) is 9.69 Å². The van der Waals surface area contributed by atoms with Gasteiger partial charge in [-0.1, -0.05) is 12.8 Å². The number of hydrogen-bond acceptors (Lipinski definition) is 4. The number of fused-ring (bicyclic) bond motifs is 1. The zero-order valence-electron chi connectivity index (χ0n) is 16.6. The molecular weight excluding hydrogens is 352 g/mol. The van der Waals surface area contributed by atoms with E-state index in [2.05, 4.69) is 28.6 Å². The van der Waals surface area contributed by atoms with Gasteiger partial charge in [0.25, 0.3) is 5.91 Å². The lowest BCUT2D eigenvalue weighted by molar-refractivity contribution is 0.0996. The summed E-state index contributed by atoms with van der Waals surface area (Å²) in [6.45, 7) is 7.55. The highest BCUT2D eigenvalue weighted by Crippen LogP contribution is 2.26. The van der Waals surface area contributed by atoms with E-state index in [0.29, 0.717) is 11.8 Å². The number of carbonyl (C=O) groups is 1. The maximum Gasteiger partial charge on any atom is 0.291 e. The maximum absolute atomic E-state index is 12.2. The molecule has 3 heterocycles. The molecule has 1 fully saturated rings. The molecule has 28 heavy (non-hydrogen) atoms. The van der Waals surface area contributed by atoms with Crippen LogP contribution < -0.4 is 5.32 Å². The molecule has 148 valence electrons. The van der Waals surface area contributed by atoms with Crippen LogP contribution >= 0.6 is 0 Å². The van der Waals surface area contributed by atoms with Crippen LogP contribution in [-0.4, -0.2) is 33.4 Å². The number of hydrogen-bond donors (Lipinski definition) is 1. The highest BCUT2D eigenvalue weighted by Gasteiger charge is 2.18. The monoisotopic (exact) mass is 380 g/mol. The van der Waals surface area contributed by atoms with Crippen molar-refractivity contribution in [1.29, 1.82) is 0 Å². The summed E-state index contributed by atoms with van der Waals surface area (Å²) in [4.78, 5) is 19.7. The quantitative estimate of drug-likeness (QED) is 0.688. The first kappa shape index (κ1) is 18.7. The van der Waals surface area contributed by atoms with Gasteiger partial charge in [-0.15, -0.1) is 0 Å². The van der Waals surface area contributed by atoms with Gasteiger partial charge in [0, 0.05) is 11.7 Å². The molecule has 1 saturated heterocycles. The molecule has 0 saturated carbocycles. The lowest BCUT2D eigenvalue weighted by Gasteiger charge is -2.21. The van der Waals surface area contributed by atoms with Gasteiger partial charge < -0.3 is 14.3 Å². The minimum atomic E-state index is -0.252. The van der Waals surface area contributed by atoms with Gasteiger partial charge in [-0.2, -0.15) is 0 Å². The number of furan rings is 1. The lowest BCUT2D eigenvalue weighted by Crippen LogP contribution is -2.26. The number of carbonyl (C=O) groups excluding carboxylic acids is 1. The van der Waals surface area contributed by atoms with Gasteiger partial charge in [0.15, 0.2) is 5.76 Å². The molecule has 6 heteroatoms. The van der Waals surface area contributed by atoms with E-state index in [0.717, 1.165) is 42.2 Å². The number of benzene rings is 1. The Balaban J connectivity index is 1.60. The Hall–Kier alpha value is -2.60. The number of anilines is 1. The van der Waals surface area contributed by atoms with Gasteiger partial charge in [0.1, 0.15) is 5.82 Å². The van der Waals surface area contributed by atoms with Crippen LogP contribution in [0, 0.1) is 0 Å². The standard InChI is InChI=1S/C22H28N4O2/c1-16(2)26-19-10-9-17(23-22(27)20-8-7-13-28-20)14-18(19)24-21(26)15-25-11-5-3-4-6-12-25/h7-10,13-14,16H,3-6,11-12,15H2,1-2H3,(H,23,27). The van der Waals surface area contributed by atoms with E-state index in [9.17, 15) is 4.79 Å². The predicted octanol–water partition coefficient (Wildman–Crippen LogP) is 4.84. The first-order chi connectivity index (χ1) is 13.6. The van der Waals surface area contributed by atoms with Crippen LogP contribution in [0.1, 0.15) is 62.0 Å². The molecule has 6 nitrogen and oxygen atoms in total. The van der Waals surface area contributed by atoms with Crippen molar-refractivity contribution >= 4 is 22.6 Å². The molecule has 1 aliphatic heterocycles. The fourth-order valence-corrected chi connectivity index (χ4v) is 4.01. The van der Waals surface area contributed by atoms with Gasteiger partial charge in [-0.25, -0.2) is 4.98 Å². The molecular formula is C22H28N4O2. The van der Waals surface area contributed by atoms with Crippen LogP contribution in [0.5, 0.6) is 0 Å². The third kappa shape index (κ3) is 3.97. The van der Waals surface area contributed by atoms with Crippen LogP contribution in [-0.2, 0) is 6.54 Å². The summed E-state index contributed by atoms with van der Waals surface area (Å²) in [5, 5.41) is 2.89. The van der Waals surface area contributed by atoms with Crippen LogP contribution in [0.25, 0.3) is 11.0 Å². The molecule has 0 atom stereocenters. The fraction of sp³-hybridized carbons (Fsp3) is 0.455. The molecule has 1 aromatic carbocycles. The number of rotatable bonds is 5. The molecule has 0 spiro atoms. The molecule has 0 bridgehead atoms. The summed E-state index contributed by atoms with van der Waals surface area (Å²) in [6.07, 6.45) is 6.69. The second-order valence-electron chi connectivity index (χ2n) is 7.82. The lowest BCUT2D eigenvalue weighted by atomic mass is 10.2. The van der Waals surface area contributed by atoms with Crippen molar-refractivity contribution in [3.05, 3.63) is 48.2 Å².